The quantitative estimate of drug-likeness (QED) is 0.648. The van der Waals surface area contributed by atoms with Gasteiger partial charge in [-0.15, -0.1) is 0 Å². The molecule has 0 unspecified atom stereocenters. The fraction of sp³-hybridized carbons (Fsp3) is 0.167. The minimum Gasteiger partial charge on any atom is -0.497 e. The van der Waals surface area contributed by atoms with E-state index in [9.17, 15) is 4.79 Å². The average Bonchev–Trinajstić information content (AvgIpc) is 2.77. The third-order valence-electron chi connectivity index (χ3n) is 2.19. The number of aryl methyl sites for hydroxylation is 1. The number of benzene rings is 1. The number of esters is 1. The van der Waals surface area contributed by atoms with Gasteiger partial charge in [-0.25, -0.2) is 4.79 Å². The molecule has 1 aromatic carbocycles. The highest BCUT2D eigenvalue weighted by molar-refractivity contribution is 5.89. The van der Waals surface area contributed by atoms with Crippen LogP contribution < -0.4 is 9.47 Å². The molecule has 0 saturated heterocycles. The molecule has 0 saturated carbocycles. The first-order valence-corrected chi connectivity index (χ1v) is 5.07. The van der Waals surface area contributed by atoms with Crippen LogP contribution in [0.4, 0.5) is 0 Å². The van der Waals surface area contributed by atoms with Gasteiger partial charge in [0.15, 0.2) is 5.69 Å². The molecule has 5 heteroatoms. The van der Waals surface area contributed by atoms with E-state index in [0.717, 1.165) is 5.69 Å². The van der Waals surface area contributed by atoms with E-state index in [-0.39, 0.29) is 5.69 Å². The fourth-order valence-corrected chi connectivity index (χ4v) is 1.33. The molecule has 1 aromatic heterocycles. The van der Waals surface area contributed by atoms with Gasteiger partial charge in [0.25, 0.3) is 0 Å². The lowest BCUT2D eigenvalue weighted by Gasteiger charge is -2.03. The summed E-state index contributed by atoms with van der Waals surface area (Å²) in [5.74, 6) is 0.677. The monoisotopic (exact) mass is 232 g/mol. The molecule has 0 aliphatic heterocycles. The molecule has 0 aliphatic rings. The van der Waals surface area contributed by atoms with Gasteiger partial charge in [-0.2, -0.15) is 5.10 Å². The number of nitrogens with one attached hydrogen (secondary N) is 1. The predicted molar refractivity (Wildman–Crippen MR) is 61.3 cm³/mol. The molecule has 17 heavy (non-hydrogen) atoms. The van der Waals surface area contributed by atoms with Gasteiger partial charge in [0, 0.05) is 5.69 Å². The standard InChI is InChI=1S/C12H12N2O3/c1-8-7-11(14-13-8)12(15)17-10-5-3-9(16-2)4-6-10/h3-7H,1-2H3,(H,13,14). The highest BCUT2D eigenvalue weighted by atomic mass is 16.5. The van der Waals surface area contributed by atoms with Crippen LogP contribution in [0.15, 0.2) is 30.3 Å². The van der Waals surface area contributed by atoms with Gasteiger partial charge >= 0.3 is 5.97 Å². The average molecular weight is 232 g/mol. The Kier molecular flexibility index (Phi) is 3.09. The number of ether oxygens (including phenoxy) is 2. The number of aromatic amines is 1. The molecule has 0 amide bonds. The van der Waals surface area contributed by atoms with Crippen LogP contribution in [0.3, 0.4) is 0 Å². The van der Waals surface area contributed by atoms with Gasteiger partial charge in [0.1, 0.15) is 11.5 Å². The van der Waals surface area contributed by atoms with Crippen molar-refractivity contribution in [1.29, 1.82) is 0 Å². The molecule has 0 bridgehead atoms. The van der Waals surface area contributed by atoms with Gasteiger partial charge in [0.05, 0.1) is 7.11 Å². The Hall–Kier alpha value is -2.30. The molecule has 88 valence electrons. The summed E-state index contributed by atoms with van der Waals surface area (Å²) in [5, 5.41) is 6.50. The lowest BCUT2D eigenvalue weighted by atomic mass is 10.3. The molecule has 2 aromatic rings. The highest BCUT2D eigenvalue weighted by Gasteiger charge is 2.11. The van der Waals surface area contributed by atoms with Gasteiger partial charge in [0.2, 0.25) is 0 Å². The number of hydrogen-bond acceptors (Lipinski definition) is 4. The Morgan fingerprint density at radius 1 is 1.24 bits per heavy atom. The molecule has 0 spiro atoms. The normalized spacial score (nSPS) is 10.0. The van der Waals surface area contributed by atoms with Crippen molar-refractivity contribution < 1.29 is 14.3 Å². The van der Waals surface area contributed by atoms with Crippen LogP contribution in [0.25, 0.3) is 0 Å². The van der Waals surface area contributed by atoms with Gasteiger partial charge in [-0.3, -0.25) is 5.10 Å². The third-order valence-corrected chi connectivity index (χ3v) is 2.19. The molecular weight excluding hydrogens is 220 g/mol. The van der Waals surface area contributed by atoms with Crippen LogP contribution in [0.2, 0.25) is 0 Å². The summed E-state index contributed by atoms with van der Waals surface area (Å²) in [5.41, 5.74) is 1.07. The van der Waals surface area contributed by atoms with Crippen molar-refractivity contribution in [3.63, 3.8) is 0 Å². The number of hydrogen-bond donors (Lipinski definition) is 1. The van der Waals surface area contributed by atoms with E-state index in [1.54, 1.807) is 37.4 Å². The molecule has 0 atom stereocenters. The second kappa shape index (κ2) is 4.69. The van der Waals surface area contributed by atoms with Crippen molar-refractivity contribution in [3.8, 4) is 11.5 Å². The topological polar surface area (TPSA) is 64.2 Å². The largest absolute Gasteiger partial charge is 0.497 e. The molecule has 0 aliphatic carbocycles. The summed E-state index contributed by atoms with van der Waals surface area (Å²) in [6.45, 7) is 1.82. The minimum atomic E-state index is -0.487. The fourth-order valence-electron chi connectivity index (χ4n) is 1.33. The number of carbonyl (C=O) groups excluding carboxylic acids is 1. The summed E-state index contributed by atoms with van der Waals surface area (Å²) in [6, 6.07) is 8.40. The second-order valence-electron chi connectivity index (χ2n) is 3.50. The van der Waals surface area contributed by atoms with Gasteiger partial charge in [-0.1, -0.05) is 0 Å². The second-order valence-corrected chi connectivity index (χ2v) is 3.50. The Morgan fingerprint density at radius 3 is 2.41 bits per heavy atom. The summed E-state index contributed by atoms with van der Waals surface area (Å²) >= 11 is 0. The molecule has 1 heterocycles. The van der Waals surface area contributed by atoms with Crippen LogP contribution in [-0.2, 0) is 0 Å². The first-order valence-electron chi connectivity index (χ1n) is 5.07. The van der Waals surface area contributed by atoms with E-state index in [1.165, 1.54) is 0 Å². The van der Waals surface area contributed by atoms with E-state index in [1.807, 2.05) is 6.92 Å². The summed E-state index contributed by atoms with van der Waals surface area (Å²) in [7, 11) is 1.58. The first kappa shape index (κ1) is 11.2. The van der Waals surface area contributed by atoms with Gasteiger partial charge in [-0.05, 0) is 37.3 Å². The maximum absolute atomic E-state index is 11.6. The van der Waals surface area contributed by atoms with E-state index in [0.29, 0.717) is 11.5 Å². The zero-order valence-corrected chi connectivity index (χ0v) is 9.56. The smallest absolute Gasteiger partial charge is 0.364 e. The molecule has 5 nitrogen and oxygen atoms in total. The summed E-state index contributed by atoms with van der Waals surface area (Å²) in [4.78, 5) is 11.6. The van der Waals surface area contributed by atoms with Crippen molar-refractivity contribution in [1.82, 2.24) is 10.2 Å². The molecule has 0 fully saturated rings. The molecule has 0 radical (unpaired) electrons. The highest BCUT2D eigenvalue weighted by Crippen LogP contribution is 2.17. The Labute approximate surface area is 98.4 Å². The summed E-state index contributed by atoms with van der Waals surface area (Å²) < 4.78 is 10.1. The Balaban J connectivity index is 2.07. The number of methoxy groups -OCH3 is 1. The Morgan fingerprint density at radius 2 is 1.88 bits per heavy atom. The van der Waals surface area contributed by atoms with E-state index >= 15 is 0 Å². The molecular formula is C12H12N2O3. The molecule has 1 N–H and O–H groups in total. The van der Waals surface area contributed by atoms with Crippen LogP contribution in [0.5, 0.6) is 11.5 Å². The van der Waals surface area contributed by atoms with Crippen molar-refractivity contribution >= 4 is 5.97 Å². The maximum Gasteiger partial charge on any atom is 0.364 e. The molecule has 2 rings (SSSR count). The first-order chi connectivity index (χ1) is 8.19. The van der Waals surface area contributed by atoms with Crippen LogP contribution >= 0.6 is 0 Å². The number of H-pyrrole nitrogens is 1. The summed E-state index contributed by atoms with van der Waals surface area (Å²) in [6.07, 6.45) is 0. The zero-order chi connectivity index (χ0) is 12.3. The number of carbonyl (C=O) groups is 1. The van der Waals surface area contributed by atoms with E-state index < -0.39 is 5.97 Å². The third kappa shape index (κ3) is 2.63. The lowest BCUT2D eigenvalue weighted by molar-refractivity contribution is 0.0728. The SMILES string of the molecule is COc1ccc(OC(=O)c2cc(C)[nH]n2)cc1. The maximum atomic E-state index is 11.6. The van der Waals surface area contributed by atoms with Gasteiger partial charge < -0.3 is 9.47 Å². The number of nitrogens with zero attached hydrogens (tertiary/aromatic N) is 1. The van der Waals surface area contributed by atoms with Crippen molar-refractivity contribution in [2.24, 2.45) is 0 Å². The van der Waals surface area contributed by atoms with Crippen molar-refractivity contribution in [2.75, 3.05) is 7.11 Å². The predicted octanol–water partition coefficient (Wildman–Crippen LogP) is 1.95. The van der Waals surface area contributed by atoms with E-state index in [2.05, 4.69) is 10.2 Å². The number of aromatic nitrogens is 2. The lowest BCUT2D eigenvalue weighted by Crippen LogP contribution is -2.08. The van der Waals surface area contributed by atoms with Crippen molar-refractivity contribution in [3.05, 3.63) is 41.7 Å². The van der Waals surface area contributed by atoms with E-state index in [4.69, 9.17) is 9.47 Å². The Bertz CT molecular complexity index is 517. The number of rotatable bonds is 3. The van der Waals surface area contributed by atoms with Crippen LogP contribution in [0.1, 0.15) is 16.2 Å². The van der Waals surface area contributed by atoms with Crippen LogP contribution in [-0.4, -0.2) is 23.3 Å². The van der Waals surface area contributed by atoms with Crippen LogP contribution in [0, 0.1) is 6.92 Å². The minimum absolute atomic E-state index is 0.262. The van der Waals surface area contributed by atoms with Crippen molar-refractivity contribution in [2.45, 2.75) is 6.92 Å². The zero-order valence-electron chi connectivity index (χ0n) is 9.56.